The van der Waals surface area contributed by atoms with Gasteiger partial charge in [0, 0.05) is 11.5 Å². The lowest BCUT2D eigenvalue weighted by molar-refractivity contribution is 0.0985. The maximum atomic E-state index is 12.8. The van der Waals surface area contributed by atoms with Crippen LogP contribution in [0.5, 0.6) is 0 Å². The molecule has 0 saturated carbocycles. The molecule has 3 rings (SSSR count). The minimum Gasteiger partial charge on any atom is -0.393 e. The topological polar surface area (TPSA) is 66.9 Å². The van der Waals surface area contributed by atoms with E-state index in [9.17, 15) is 10.1 Å². The highest BCUT2D eigenvalue weighted by Gasteiger charge is 2.40. The number of Topliss-reactive ketones (excluding diaryl/α,β-unsaturated/α-hetero) is 1. The number of hydrogen-bond donors (Lipinski definition) is 1. The van der Waals surface area contributed by atoms with Gasteiger partial charge < -0.3 is 5.73 Å². The van der Waals surface area contributed by atoms with E-state index < -0.39 is 0 Å². The fourth-order valence-corrected chi connectivity index (χ4v) is 3.92. The van der Waals surface area contributed by atoms with E-state index in [-0.39, 0.29) is 17.0 Å². The summed E-state index contributed by atoms with van der Waals surface area (Å²) >= 11 is 1.29. The molecule has 2 aromatic rings. The number of nitrogens with zero attached hydrogens (tertiary/aromatic N) is 1. The molecule has 0 radical (unpaired) electrons. The van der Waals surface area contributed by atoms with Crippen molar-refractivity contribution in [3.8, 4) is 6.07 Å². The summed E-state index contributed by atoms with van der Waals surface area (Å²) < 4.78 is 0. The van der Waals surface area contributed by atoms with Crippen LogP contribution in [0, 0.1) is 11.3 Å². The second-order valence-electron chi connectivity index (χ2n) is 5.05. The molecule has 0 bridgehead atoms. The van der Waals surface area contributed by atoms with Crippen molar-refractivity contribution in [2.24, 2.45) is 5.73 Å². The Morgan fingerprint density at radius 3 is 2.23 bits per heavy atom. The predicted molar refractivity (Wildman–Crippen MR) is 88.2 cm³/mol. The standard InChI is InChI=1S/C18H14N2OS/c19-11-14-15(12-7-3-1-4-8-12)17(22-18(14)20)16(21)13-9-5-2-6-10-13/h1-10,15,17H,20H2. The van der Waals surface area contributed by atoms with Gasteiger partial charge in [0.2, 0.25) is 0 Å². The Bertz CT molecular complexity index is 763. The number of nitriles is 1. The van der Waals surface area contributed by atoms with Crippen LogP contribution in [0.2, 0.25) is 0 Å². The Kier molecular flexibility index (Phi) is 3.99. The molecule has 0 spiro atoms. The average Bonchev–Trinajstić information content (AvgIpc) is 2.92. The lowest BCUT2D eigenvalue weighted by Crippen LogP contribution is -2.23. The Morgan fingerprint density at radius 1 is 1.05 bits per heavy atom. The zero-order valence-electron chi connectivity index (χ0n) is 11.8. The molecule has 3 nitrogen and oxygen atoms in total. The lowest BCUT2D eigenvalue weighted by atomic mass is 9.86. The van der Waals surface area contributed by atoms with Crippen LogP contribution < -0.4 is 5.73 Å². The monoisotopic (exact) mass is 306 g/mol. The van der Waals surface area contributed by atoms with Gasteiger partial charge in [0.05, 0.1) is 21.9 Å². The molecule has 2 N–H and O–H groups in total. The molecule has 4 heteroatoms. The van der Waals surface area contributed by atoms with Crippen LogP contribution in [0.15, 0.2) is 71.3 Å². The van der Waals surface area contributed by atoms with Crippen LogP contribution >= 0.6 is 11.8 Å². The summed E-state index contributed by atoms with van der Waals surface area (Å²) in [6.45, 7) is 0. The number of allylic oxidation sites excluding steroid dienone is 1. The summed E-state index contributed by atoms with van der Waals surface area (Å²) in [7, 11) is 0. The van der Waals surface area contributed by atoms with Gasteiger partial charge in [-0.1, -0.05) is 72.4 Å². The highest BCUT2D eigenvalue weighted by Crippen LogP contribution is 2.46. The molecule has 1 aliphatic rings. The molecule has 2 unspecified atom stereocenters. The summed E-state index contributed by atoms with van der Waals surface area (Å²) in [6, 6.07) is 20.9. The molecule has 0 fully saturated rings. The quantitative estimate of drug-likeness (QED) is 0.882. The van der Waals surface area contributed by atoms with Gasteiger partial charge in [-0.05, 0) is 5.56 Å². The van der Waals surface area contributed by atoms with Gasteiger partial charge >= 0.3 is 0 Å². The number of carbonyl (C=O) groups is 1. The van der Waals surface area contributed by atoms with E-state index in [1.165, 1.54) is 11.8 Å². The van der Waals surface area contributed by atoms with E-state index in [4.69, 9.17) is 5.73 Å². The van der Waals surface area contributed by atoms with E-state index >= 15 is 0 Å². The predicted octanol–water partition coefficient (Wildman–Crippen LogP) is 3.46. The fraction of sp³-hybridized carbons (Fsp3) is 0.111. The molecule has 0 saturated heterocycles. The molecule has 0 amide bonds. The van der Waals surface area contributed by atoms with Gasteiger partial charge in [-0.3, -0.25) is 4.79 Å². The van der Waals surface area contributed by atoms with Gasteiger partial charge in [0.25, 0.3) is 0 Å². The zero-order chi connectivity index (χ0) is 15.5. The first-order valence-electron chi connectivity index (χ1n) is 6.93. The summed E-state index contributed by atoms with van der Waals surface area (Å²) in [5.74, 6) is -0.281. The van der Waals surface area contributed by atoms with Crippen molar-refractivity contribution in [2.45, 2.75) is 11.2 Å². The Balaban J connectivity index is 2.02. The zero-order valence-corrected chi connectivity index (χ0v) is 12.6. The van der Waals surface area contributed by atoms with E-state index in [2.05, 4.69) is 6.07 Å². The molecule has 1 aliphatic heterocycles. The fourth-order valence-electron chi connectivity index (χ4n) is 2.67. The van der Waals surface area contributed by atoms with Crippen molar-refractivity contribution in [3.63, 3.8) is 0 Å². The molecule has 22 heavy (non-hydrogen) atoms. The summed E-state index contributed by atoms with van der Waals surface area (Å²) in [5.41, 5.74) is 8.07. The molecular weight excluding hydrogens is 292 g/mol. The van der Waals surface area contributed by atoms with Crippen LogP contribution in [0.3, 0.4) is 0 Å². The van der Waals surface area contributed by atoms with Crippen LogP contribution in [0.1, 0.15) is 21.8 Å². The van der Waals surface area contributed by atoms with Gasteiger partial charge in [0.15, 0.2) is 5.78 Å². The normalized spacial score (nSPS) is 20.7. The smallest absolute Gasteiger partial charge is 0.177 e. The maximum Gasteiger partial charge on any atom is 0.177 e. The number of hydrogen-bond acceptors (Lipinski definition) is 4. The third-order valence-corrected chi connectivity index (χ3v) is 4.94. The number of carbonyl (C=O) groups excluding carboxylic acids is 1. The first kappa shape index (κ1) is 14.4. The Labute approximate surface area is 133 Å². The second-order valence-corrected chi connectivity index (χ2v) is 6.23. The summed E-state index contributed by atoms with van der Waals surface area (Å²) in [4.78, 5) is 12.8. The van der Waals surface area contributed by atoms with Gasteiger partial charge in [-0.15, -0.1) is 0 Å². The molecular formula is C18H14N2OS. The van der Waals surface area contributed by atoms with Crippen molar-refractivity contribution in [1.82, 2.24) is 0 Å². The third-order valence-electron chi connectivity index (χ3n) is 3.73. The van der Waals surface area contributed by atoms with Crippen LogP contribution in [-0.4, -0.2) is 11.0 Å². The van der Waals surface area contributed by atoms with Gasteiger partial charge in [-0.25, -0.2) is 0 Å². The Morgan fingerprint density at radius 2 is 1.64 bits per heavy atom. The van der Waals surface area contributed by atoms with Gasteiger partial charge in [-0.2, -0.15) is 5.26 Å². The van der Waals surface area contributed by atoms with Crippen LogP contribution in [-0.2, 0) is 0 Å². The highest BCUT2D eigenvalue weighted by atomic mass is 32.2. The van der Waals surface area contributed by atoms with Crippen molar-refractivity contribution >= 4 is 17.5 Å². The minimum atomic E-state index is -0.389. The minimum absolute atomic E-state index is 0.00709. The summed E-state index contributed by atoms with van der Waals surface area (Å²) in [5, 5.41) is 9.49. The molecule has 0 aliphatic carbocycles. The molecule has 2 atom stereocenters. The van der Waals surface area contributed by atoms with Crippen molar-refractivity contribution in [3.05, 3.63) is 82.4 Å². The molecule has 2 aromatic carbocycles. The lowest BCUT2D eigenvalue weighted by Gasteiger charge is -2.19. The van der Waals surface area contributed by atoms with Crippen molar-refractivity contribution in [1.29, 1.82) is 5.26 Å². The number of rotatable bonds is 3. The number of nitrogens with two attached hydrogens (primary N) is 1. The number of benzene rings is 2. The Hall–Kier alpha value is -2.51. The third kappa shape index (κ3) is 2.51. The molecule has 108 valence electrons. The first-order valence-corrected chi connectivity index (χ1v) is 7.81. The first-order chi connectivity index (χ1) is 10.7. The maximum absolute atomic E-state index is 12.8. The van der Waals surface area contributed by atoms with E-state index in [0.717, 1.165) is 5.56 Å². The van der Waals surface area contributed by atoms with Gasteiger partial charge in [0.1, 0.15) is 0 Å². The highest BCUT2D eigenvalue weighted by molar-refractivity contribution is 8.04. The van der Waals surface area contributed by atoms with E-state index in [1.54, 1.807) is 12.1 Å². The second kappa shape index (κ2) is 6.08. The molecule has 1 heterocycles. The SMILES string of the molecule is N#CC1=C(N)SC(C(=O)c2ccccc2)C1c1ccccc1. The number of ketones is 1. The van der Waals surface area contributed by atoms with E-state index in [0.29, 0.717) is 16.2 Å². The van der Waals surface area contributed by atoms with Crippen LogP contribution in [0.25, 0.3) is 0 Å². The summed E-state index contributed by atoms with van der Waals surface area (Å²) in [6.07, 6.45) is 0. The average molecular weight is 306 g/mol. The largest absolute Gasteiger partial charge is 0.393 e. The van der Waals surface area contributed by atoms with E-state index in [1.807, 2.05) is 48.5 Å². The molecule has 0 aromatic heterocycles. The van der Waals surface area contributed by atoms with Crippen LogP contribution in [0.4, 0.5) is 0 Å². The number of thioether (sulfide) groups is 1. The van der Waals surface area contributed by atoms with Crippen molar-refractivity contribution in [2.75, 3.05) is 0 Å². The van der Waals surface area contributed by atoms with Crippen molar-refractivity contribution < 1.29 is 4.79 Å².